The van der Waals surface area contributed by atoms with E-state index in [0.29, 0.717) is 6.20 Å². The van der Waals surface area contributed by atoms with Crippen LogP contribution in [0.25, 0.3) is 0 Å². The van der Waals surface area contributed by atoms with E-state index in [2.05, 4.69) is 9.72 Å². The lowest BCUT2D eigenvalue weighted by Crippen LogP contribution is -2.20. The Morgan fingerprint density at radius 2 is 1.90 bits per heavy atom. The molecule has 0 saturated carbocycles. The molecule has 0 aliphatic heterocycles. The number of hydrogen-bond acceptors (Lipinski definition) is 4. The zero-order chi connectivity index (χ0) is 15.7. The topological polar surface area (TPSA) is 56.3 Å². The lowest BCUT2D eigenvalue weighted by Gasteiger charge is -2.16. The van der Waals surface area contributed by atoms with E-state index >= 15 is 0 Å². The van der Waals surface area contributed by atoms with Gasteiger partial charge in [0.2, 0.25) is 0 Å². The Hall–Kier alpha value is -0.870. The highest BCUT2D eigenvalue weighted by Crippen LogP contribution is 2.39. The minimum Gasteiger partial charge on any atom is -0.403 e. The molecule has 0 saturated heterocycles. The van der Waals surface area contributed by atoms with Crippen LogP contribution in [0.1, 0.15) is 17.7 Å². The van der Waals surface area contributed by atoms with E-state index in [4.69, 9.17) is 22.3 Å². The molecule has 12 heteroatoms. The average Bonchev–Trinajstić information content (AvgIpc) is 2.24. The van der Waals surface area contributed by atoms with Crippen LogP contribution in [0, 0.1) is 0 Å². The van der Waals surface area contributed by atoms with Crippen molar-refractivity contribution >= 4 is 31.3 Å². The first-order valence-electron chi connectivity index (χ1n) is 4.53. The van der Waals surface area contributed by atoms with Gasteiger partial charge in [-0.15, -0.1) is 24.8 Å². The third-order valence-electron chi connectivity index (χ3n) is 1.93. The van der Waals surface area contributed by atoms with Crippen LogP contribution in [-0.2, 0) is 14.9 Å². The van der Waals surface area contributed by atoms with E-state index in [0.717, 1.165) is 0 Å². The summed E-state index contributed by atoms with van der Waals surface area (Å²) in [5.41, 5.74) is -1.94. The number of pyridine rings is 1. The molecular weight excluding hydrogens is 356 g/mol. The van der Waals surface area contributed by atoms with Crippen molar-refractivity contribution in [2.75, 3.05) is 0 Å². The molecule has 0 fully saturated rings. The molecule has 0 bridgehead atoms. The Kier molecular flexibility index (Phi) is 5.03. The molecule has 1 rings (SSSR count). The summed E-state index contributed by atoms with van der Waals surface area (Å²) in [5, 5.41) is 0. The second kappa shape index (κ2) is 5.86. The first kappa shape index (κ1) is 17.2. The summed E-state index contributed by atoms with van der Waals surface area (Å²) in [6.07, 6.45) is -8.46. The predicted molar refractivity (Wildman–Crippen MR) is 58.5 cm³/mol. The van der Waals surface area contributed by atoms with Gasteiger partial charge in [0.25, 0.3) is 15.5 Å². The second-order valence-corrected chi connectivity index (χ2v) is 6.00. The molecular formula is C8H4Cl2F5NO3S. The van der Waals surface area contributed by atoms with Crippen LogP contribution >= 0.6 is 22.3 Å². The van der Waals surface area contributed by atoms with Gasteiger partial charge in [0.1, 0.15) is 4.90 Å². The molecule has 0 unspecified atom stereocenters. The van der Waals surface area contributed by atoms with Gasteiger partial charge in [-0.05, 0) is 0 Å². The van der Waals surface area contributed by atoms with Gasteiger partial charge < -0.3 is 4.74 Å². The standard InChI is InChI=1S/C8H4Cl2F5NO3S/c9-1-3-5(7(11)12)6(20(10,17)18)4(2-16-3)19-8(13,14)15/h2,7H,1H2. The van der Waals surface area contributed by atoms with E-state index in [1.54, 1.807) is 0 Å². The van der Waals surface area contributed by atoms with Gasteiger partial charge in [-0.2, -0.15) is 0 Å². The van der Waals surface area contributed by atoms with E-state index in [1.807, 2.05) is 0 Å². The molecule has 4 nitrogen and oxygen atoms in total. The Morgan fingerprint density at radius 1 is 1.35 bits per heavy atom. The zero-order valence-electron chi connectivity index (χ0n) is 9.09. The minimum absolute atomic E-state index is 0.312. The van der Waals surface area contributed by atoms with Crippen molar-refractivity contribution in [3.8, 4) is 5.75 Å². The number of hydrogen-bond donors (Lipinski definition) is 0. The third kappa shape index (κ3) is 4.06. The van der Waals surface area contributed by atoms with Crippen LogP contribution in [0.3, 0.4) is 0 Å². The maximum atomic E-state index is 12.9. The Morgan fingerprint density at radius 3 is 2.25 bits per heavy atom. The van der Waals surface area contributed by atoms with Crippen LogP contribution in [0.2, 0.25) is 0 Å². The highest BCUT2D eigenvalue weighted by Gasteiger charge is 2.37. The van der Waals surface area contributed by atoms with E-state index in [-0.39, 0.29) is 0 Å². The van der Waals surface area contributed by atoms with Crippen molar-refractivity contribution in [3.05, 3.63) is 17.5 Å². The fourth-order valence-corrected chi connectivity index (χ4v) is 2.80. The van der Waals surface area contributed by atoms with Crippen LogP contribution in [0.5, 0.6) is 5.75 Å². The number of nitrogens with zero attached hydrogens (tertiary/aromatic N) is 1. The molecule has 0 spiro atoms. The lowest BCUT2D eigenvalue weighted by molar-refractivity contribution is -0.275. The van der Waals surface area contributed by atoms with Crippen molar-refractivity contribution < 1.29 is 35.1 Å². The van der Waals surface area contributed by atoms with Gasteiger partial charge in [0.15, 0.2) is 5.75 Å². The van der Waals surface area contributed by atoms with Gasteiger partial charge in [-0.25, -0.2) is 17.2 Å². The number of alkyl halides is 6. The molecule has 1 aromatic heterocycles. The average molecular weight is 360 g/mol. The molecule has 0 aliphatic rings. The molecule has 1 aromatic rings. The summed E-state index contributed by atoms with van der Waals surface area (Å²) in [6.45, 7) is 0. The summed E-state index contributed by atoms with van der Waals surface area (Å²) >= 11 is 5.29. The van der Waals surface area contributed by atoms with Crippen molar-refractivity contribution in [2.24, 2.45) is 0 Å². The quantitative estimate of drug-likeness (QED) is 0.468. The zero-order valence-corrected chi connectivity index (χ0v) is 11.4. The van der Waals surface area contributed by atoms with Crippen LogP contribution in [0.15, 0.2) is 11.1 Å². The number of aromatic nitrogens is 1. The molecule has 20 heavy (non-hydrogen) atoms. The van der Waals surface area contributed by atoms with Crippen molar-refractivity contribution in [1.82, 2.24) is 4.98 Å². The second-order valence-electron chi connectivity index (χ2n) is 3.23. The van der Waals surface area contributed by atoms with Crippen molar-refractivity contribution in [3.63, 3.8) is 0 Å². The molecule has 0 atom stereocenters. The molecule has 1 heterocycles. The normalized spacial score (nSPS) is 12.8. The van der Waals surface area contributed by atoms with Gasteiger partial charge in [-0.1, -0.05) is 0 Å². The maximum Gasteiger partial charge on any atom is 0.573 e. The lowest BCUT2D eigenvalue weighted by atomic mass is 10.2. The first-order valence-corrected chi connectivity index (χ1v) is 7.38. The molecule has 0 aliphatic carbocycles. The molecule has 114 valence electrons. The fraction of sp³-hybridized carbons (Fsp3) is 0.375. The fourth-order valence-electron chi connectivity index (χ4n) is 1.31. The summed E-state index contributed by atoms with van der Waals surface area (Å²) in [4.78, 5) is 1.71. The summed E-state index contributed by atoms with van der Waals surface area (Å²) < 4.78 is 87.9. The number of rotatable bonds is 4. The van der Waals surface area contributed by atoms with Gasteiger partial charge in [0, 0.05) is 10.7 Å². The Balaban J connectivity index is 3.67. The summed E-state index contributed by atoms with van der Waals surface area (Å²) in [6, 6.07) is 0. The van der Waals surface area contributed by atoms with Gasteiger partial charge in [0.05, 0.1) is 23.3 Å². The number of ether oxygens (including phenoxy) is 1. The predicted octanol–water partition coefficient (Wildman–Crippen LogP) is 3.58. The highest BCUT2D eigenvalue weighted by molar-refractivity contribution is 8.13. The van der Waals surface area contributed by atoms with Gasteiger partial charge >= 0.3 is 6.36 Å². The van der Waals surface area contributed by atoms with E-state index in [1.165, 1.54) is 0 Å². The van der Waals surface area contributed by atoms with E-state index < -0.39 is 49.6 Å². The monoisotopic (exact) mass is 359 g/mol. The summed E-state index contributed by atoms with van der Waals surface area (Å²) in [5.74, 6) is -2.09. The maximum absolute atomic E-state index is 12.9. The molecule has 0 radical (unpaired) electrons. The first-order chi connectivity index (χ1) is 8.97. The Labute approximate surface area is 118 Å². The van der Waals surface area contributed by atoms with Crippen LogP contribution in [-0.4, -0.2) is 19.8 Å². The minimum atomic E-state index is -5.31. The molecule has 0 N–H and O–H groups in total. The van der Waals surface area contributed by atoms with E-state index in [9.17, 15) is 30.4 Å². The van der Waals surface area contributed by atoms with Crippen molar-refractivity contribution in [2.45, 2.75) is 23.6 Å². The smallest absolute Gasteiger partial charge is 0.403 e. The van der Waals surface area contributed by atoms with Crippen molar-refractivity contribution in [1.29, 1.82) is 0 Å². The largest absolute Gasteiger partial charge is 0.573 e. The van der Waals surface area contributed by atoms with Crippen LogP contribution < -0.4 is 4.74 Å². The van der Waals surface area contributed by atoms with Gasteiger partial charge in [-0.3, -0.25) is 4.98 Å². The molecule has 0 aromatic carbocycles. The molecule has 0 amide bonds. The SMILES string of the molecule is O=S(=O)(Cl)c1c(OC(F)(F)F)cnc(CCl)c1C(F)F. The third-order valence-corrected chi connectivity index (χ3v) is 3.56. The highest BCUT2D eigenvalue weighted by atomic mass is 35.7. The van der Waals surface area contributed by atoms with Crippen LogP contribution in [0.4, 0.5) is 22.0 Å². The Bertz CT molecular complexity index is 605. The number of halogens is 7. The summed E-state index contributed by atoms with van der Waals surface area (Å²) in [7, 11) is -0.0541.